The fourth-order valence-corrected chi connectivity index (χ4v) is 3.36. The molecule has 1 unspecified atom stereocenters. The molecule has 4 amide bonds. The van der Waals surface area contributed by atoms with Crippen LogP contribution >= 0.6 is 0 Å². The van der Waals surface area contributed by atoms with Gasteiger partial charge in [-0.1, -0.05) is 18.2 Å². The van der Waals surface area contributed by atoms with Crippen LogP contribution in [0.2, 0.25) is 0 Å². The Bertz CT molecular complexity index is 1020. The number of nitrogens with one attached hydrogen (secondary N) is 2. The largest absolute Gasteiger partial charge is 0.455 e. The molecule has 9 nitrogen and oxygen atoms in total. The van der Waals surface area contributed by atoms with E-state index in [1.54, 1.807) is 24.3 Å². The Balaban J connectivity index is 1.43. The number of esters is 1. The number of benzene rings is 2. The van der Waals surface area contributed by atoms with Crippen LogP contribution in [0.5, 0.6) is 5.75 Å². The molecule has 1 heterocycles. The maximum Gasteiger partial charge on any atom is 0.387 e. The fourth-order valence-electron chi connectivity index (χ4n) is 3.36. The van der Waals surface area contributed by atoms with Gasteiger partial charge in [-0.05, 0) is 49.2 Å². The first-order valence-corrected chi connectivity index (χ1v) is 10.5. The van der Waals surface area contributed by atoms with Gasteiger partial charge in [0.05, 0.1) is 5.92 Å². The number of nitrogens with zero attached hydrogens (tertiary/aromatic N) is 1. The molecule has 34 heavy (non-hydrogen) atoms. The lowest BCUT2D eigenvalue weighted by atomic mass is 9.98. The topological polar surface area (TPSA) is 114 Å². The van der Waals surface area contributed by atoms with Crippen molar-refractivity contribution >= 4 is 29.5 Å². The minimum absolute atomic E-state index is 0.0358. The highest BCUT2D eigenvalue weighted by Crippen LogP contribution is 2.19. The number of carbonyl (C=O) groups excluding carboxylic acids is 4. The molecule has 1 saturated heterocycles. The standard InChI is InChI=1S/C23H23F2N3O6/c24-22(25)34-18-10-8-15(9-11-18)20(30)27-19(29)14-33-21(31)16-5-4-12-28(13-16)23(32)26-17-6-2-1-3-7-17/h1-3,6-11,16,22H,4-5,12-14H2,(H,26,32)(H,27,29,30). The Morgan fingerprint density at radius 2 is 1.74 bits per heavy atom. The summed E-state index contributed by atoms with van der Waals surface area (Å²) in [5, 5.41) is 4.81. The second-order valence-corrected chi connectivity index (χ2v) is 7.47. The molecule has 180 valence electrons. The number of ether oxygens (including phenoxy) is 2. The molecule has 2 aromatic rings. The van der Waals surface area contributed by atoms with Gasteiger partial charge in [-0.2, -0.15) is 8.78 Å². The summed E-state index contributed by atoms with van der Waals surface area (Å²) < 4.78 is 33.6. The average molecular weight is 475 g/mol. The van der Waals surface area contributed by atoms with E-state index in [-0.39, 0.29) is 23.9 Å². The Hall–Kier alpha value is -4.02. The number of imide groups is 1. The predicted octanol–water partition coefficient (Wildman–Crippen LogP) is 3.03. The summed E-state index contributed by atoms with van der Waals surface area (Å²) in [6, 6.07) is 13.3. The van der Waals surface area contributed by atoms with Gasteiger partial charge in [0.15, 0.2) is 6.61 Å². The van der Waals surface area contributed by atoms with Crippen LogP contribution in [0, 0.1) is 5.92 Å². The van der Waals surface area contributed by atoms with E-state index in [4.69, 9.17) is 4.74 Å². The van der Waals surface area contributed by atoms with E-state index in [1.165, 1.54) is 17.0 Å². The zero-order chi connectivity index (χ0) is 24.5. The van der Waals surface area contributed by atoms with E-state index in [1.807, 2.05) is 6.07 Å². The number of carbonyl (C=O) groups is 4. The van der Waals surface area contributed by atoms with Crippen molar-refractivity contribution in [3.05, 3.63) is 60.2 Å². The number of hydrogen-bond acceptors (Lipinski definition) is 6. The molecule has 0 saturated carbocycles. The summed E-state index contributed by atoms with van der Waals surface area (Å²) in [6.07, 6.45) is 1.10. The highest BCUT2D eigenvalue weighted by Gasteiger charge is 2.30. The van der Waals surface area contributed by atoms with Gasteiger partial charge in [-0.15, -0.1) is 0 Å². The van der Waals surface area contributed by atoms with Gasteiger partial charge in [0.25, 0.3) is 11.8 Å². The number of alkyl halides is 2. The minimum atomic E-state index is -2.99. The Labute approximate surface area is 194 Å². The van der Waals surface area contributed by atoms with Gasteiger partial charge in [0.1, 0.15) is 5.75 Å². The van der Waals surface area contributed by atoms with Crippen molar-refractivity contribution in [2.75, 3.05) is 25.0 Å². The normalized spacial score (nSPS) is 15.4. The predicted molar refractivity (Wildman–Crippen MR) is 116 cm³/mol. The van der Waals surface area contributed by atoms with Gasteiger partial charge in [-0.3, -0.25) is 19.7 Å². The maximum atomic E-state index is 12.4. The third-order valence-electron chi connectivity index (χ3n) is 5.01. The summed E-state index contributed by atoms with van der Waals surface area (Å²) in [5.41, 5.74) is 0.670. The Kier molecular flexibility index (Phi) is 8.49. The lowest BCUT2D eigenvalue weighted by molar-refractivity contribution is -0.153. The summed E-state index contributed by atoms with van der Waals surface area (Å²) in [7, 11) is 0. The van der Waals surface area contributed by atoms with Crippen molar-refractivity contribution in [2.24, 2.45) is 5.92 Å². The molecule has 0 bridgehead atoms. The average Bonchev–Trinajstić information content (AvgIpc) is 2.83. The van der Waals surface area contributed by atoms with Gasteiger partial charge >= 0.3 is 18.6 Å². The summed E-state index contributed by atoms with van der Waals surface area (Å²) >= 11 is 0. The van der Waals surface area contributed by atoms with Crippen LogP contribution in [0.1, 0.15) is 23.2 Å². The van der Waals surface area contributed by atoms with E-state index in [9.17, 15) is 28.0 Å². The van der Waals surface area contributed by atoms with E-state index in [0.29, 0.717) is 25.1 Å². The third kappa shape index (κ3) is 7.26. The molecule has 0 spiro atoms. The van der Waals surface area contributed by atoms with Crippen LogP contribution in [0.25, 0.3) is 0 Å². The molecule has 3 rings (SSSR count). The number of amides is 4. The molecular weight excluding hydrogens is 452 g/mol. The quantitative estimate of drug-likeness (QED) is 0.595. The molecule has 1 atom stereocenters. The lowest BCUT2D eigenvalue weighted by Crippen LogP contribution is -2.45. The van der Waals surface area contributed by atoms with Crippen LogP contribution in [0.15, 0.2) is 54.6 Å². The first-order valence-electron chi connectivity index (χ1n) is 10.5. The summed E-state index contributed by atoms with van der Waals surface area (Å²) in [6.45, 7) is -3.04. The van der Waals surface area contributed by atoms with E-state index in [0.717, 1.165) is 12.1 Å². The van der Waals surface area contributed by atoms with E-state index < -0.39 is 36.9 Å². The first-order chi connectivity index (χ1) is 16.3. The van der Waals surface area contributed by atoms with Gasteiger partial charge in [0, 0.05) is 24.3 Å². The molecule has 0 radical (unpaired) electrons. The number of para-hydroxylation sites is 1. The van der Waals surface area contributed by atoms with Gasteiger partial charge < -0.3 is 19.7 Å². The molecule has 1 aliphatic heterocycles. The van der Waals surface area contributed by atoms with Crippen molar-refractivity contribution < 1.29 is 37.4 Å². The van der Waals surface area contributed by atoms with Crippen LogP contribution in [-0.4, -0.2) is 55.0 Å². The van der Waals surface area contributed by atoms with Gasteiger partial charge in [-0.25, -0.2) is 4.79 Å². The molecule has 11 heteroatoms. The van der Waals surface area contributed by atoms with Crippen LogP contribution in [0.4, 0.5) is 19.3 Å². The Morgan fingerprint density at radius 3 is 2.41 bits per heavy atom. The molecular formula is C23H23F2N3O6. The second kappa shape index (κ2) is 11.7. The summed E-state index contributed by atoms with van der Waals surface area (Å²) in [5.74, 6) is -3.01. The van der Waals surface area contributed by atoms with Gasteiger partial charge in [0.2, 0.25) is 0 Å². The lowest BCUT2D eigenvalue weighted by Gasteiger charge is -2.31. The third-order valence-corrected chi connectivity index (χ3v) is 5.01. The Morgan fingerprint density at radius 1 is 1.03 bits per heavy atom. The minimum Gasteiger partial charge on any atom is -0.455 e. The van der Waals surface area contributed by atoms with Crippen molar-refractivity contribution in [3.63, 3.8) is 0 Å². The number of rotatable bonds is 7. The number of piperidine rings is 1. The van der Waals surface area contributed by atoms with Crippen molar-refractivity contribution in [3.8, 4) is 5.75 Å². The highest BCUT2D eigenvalue weighted by atomic mass is 19.3. The van der Waals surface area contributed by atoms with Crippen molar-refractivity contribution in [1.82, 2.24) is 10.2 Å². The maximum absolute atomic E-state index is 12.4. The SMILES string of the molecule is O=C(COC(=O)C1CCCN(C(=O)Nc2ccccc2)C1)NC(=O)c1ccc(OC(F)F)cc1. The molecule has 1 fully saturated rings. The number of hydrogen-bond donors (Lipinski definition) is 2. The number of halogens is 2. The number of urea groups is 1. The van der Waals surface area contributed by atoms with Crippen LogP contribution < -0.4 is 15.4 Å². The fraction of sp³-hybridized carbons (Fsp3) is 0.304. The first kappa shape index (κ1) is 24.6. The molecule has 1 aliphatic rings. The molecule has 0 aromatic heterocycles. The molecule has 2 aromatic carbocycles. The van der Waals surface area contributed by atoms with Crippen molar-refractivity contribution in [2.45, 2.75) is 19.5 Å². The number of likely N-dealkylation sites (tertiary alicyclic amines) is 1. The molecule has 2 N–H and O–H groups in total. The number of anilines is 1. The van der Waals surface area contributed by atoms with E-state index >= 15 is 0 Å². The monoisotopic (exact) mass is 475 g/mol. The smallest absolute Gasteiger partial charge is 0.387 e. The zero-order valence-electron chi connectivity index (χ0n) is 18.0. The zero-order valence-corrected chi connectivity index (χ0v) is 18.0. The summed E-state index contributed by atoms with van der Waals surface area (Å²) in [4.78, 5) is 50.4. The molecule has 0 aliphatic carbocycles. The van der Waals surface area contributed by atoms with Crippen LogP contribution in [0.3, 0.4) is 0 Å². The second-order valence-electron chi connectivity index (χ2n) is 7.47. The van der Waals surface area contributed by atoms with Crippen molar-refractivity contribution in [1.29, 1.82) is 0 Å². The highest BCUT2D eigenvalue weighted by molar-refractivity contribution is 6.05. The van der Waals surface area contributed by atoms with Crippen LogP contribution in [-0.2, 0) is 14.3 Å². The van der Waals surface area contributed by atoms with E-state index in [2.05, 4.69) is 15.4 Å².